The fourth-order valence-corrected chi connectivity index (χ4v) is 1.65. The summed E-state index contributed by atoms with van der Waals surface area (Å²) in [6, 6.07) is 10.5. The normalized spacial score (nSPS) is 9.94. The Hall–Kier alpha value is -1.32. The van der Waals surface area contributed by atoms with E-state index in [1.807, 2.05) is 19.2 Å². The topological polar surface area (TPSA) is 40.7 Å². The van der Waals surface area contributed by atoms with Crippen LogP contribution in [0, 0.1) is 6.92 Å². The molecule has 4 heteroatoms. The summed E-state index contributed by atoms with van der Waals surface area (Å²) in [5.74, 6) is 0. The third-order valence-corrected chi connectivity index (χ3v) is 2.68. The van der Waals surface area contributed by atoms with Gasteiger partial charge in [0.15, 0.2) is 0 Å². The van der Waals surface area contributed by atoms with Crippen molar-refractivity contribution in [3.05, 3.63) is 53.3 Å². The first-order valence-electron chi connectivity index (χ1n) is 5.60. The van der Waals surface area contributed by atoms with Gasteiger partial charge in [0.2, 0.25) is 0 Å². The standard InChI is InChI=1S/C13H17N3.ClH/c1-11-13(10-15-16-11)9-14-8-7-12-5-3-2-4-6-12;/h2-6,10,14H,7-9H2,1H3,(H,15,16);1H. The van der Waals surface area contributed by atoms with Gasteiger partial charge in [-0.2, -0.15) is 5.10 Å². The van der Waals surface area contributed by atoms with E-state index in [0.29, 0.717) is 0 Å². The molecule has 0 unspecified atom stereocenters. The van der Waals surface area contributed by atoms with Crippen molar-refractivity contribution >= 4 is 12.4 Å². The van der Waals surface area contributed by atoms with Crippen LogP contribution in [-0.2, 0) is 13.0 Å². The molecular weight excluding hydrogens is 234 g/mol. The van der Waals surface area contributed by atoms with Gasteiger partial charge in [-0.05, 0) is 25.5 Å². The van der Waals surface area contributed by atoms with Crippen LogP contribution in [0.15, 0.2) is 36.5 Å². The van der Waals surface area contributed by atoms with Crippen LogP contribution in [0.5, 0.6) is 0 Å². The number of aromatic amines is 1. The van der Waals surface area contributed by atoms with Crippen LogP contribution >= 0.6 is 12.4 Å². The third kappa shape index (κ3) is 4.21. The zero-order valence-corrected chi connectivity index (χ0v) is 10.8. The largest absolute Gasteiger partial charge is 0.312 e. The summed E-state index contributed by atoms with van der Waals surface area (Å²) in [4.78, 5) is 0. The lowest BCUT2D eigenvalue weighted by atomic mass is 10.1. The van der Waals surface area contributed by atoms with Crippen molar-refractivity contribution in [1.82, 2.24) is 15.5 Å². The Morgan fingerprint density at radius 1 is 1.24 bits per heavy atom. The van der Waals surface area contributed by atoms with E-state index >= 15 is 0 Å². The molecule has 0 aliphatic rings. The van der Waals surface area contributed by atoms with Gasteiger partial charge in [-0.1, -0.05) is 30.3 Å². The SMILES string of the molecule is Cc1[nH]ncc1CNCCc1ccccc1.Cl. The molecule has 0 aliphatic carbocycles. The van der Waals surface area contributed by atoms with Gasteiger partial charge < -0.3 is 5.32 Å². The molecule has 1 heterocycles. The molecule has 2 rings (SSSR count). The molecule has 2 aromatic rings. The molecule has 1 aromatic carbocycles. The monoisotopic (exact) mass is 251 g/mol. The number of aromatic nitrogens is 2. The Morgan fingerprint density at radius 2 is 2.00 bits per heavy atom. The zero-order valence-electron chi connectivity index (χ0n) is 9.94. The van der Waals surface area contributed by atoms with Crippen molar-refractivity contribution in [2.75, 3.05) is 6.54 Å². The number of H-pyrrole nitrogens is 1. The highest BCUT2D eigenvalue weighted by Gasteiger charge is 1.98. The molecule has 0 amide bonds. The molecule has 0 saturated heterocycles. The van der Waals surface area contributed by atoms with Gasteiger partial charge in [-0.3, -0.25) is 5.10 Å². The van der Waals surface area contributed by atoms with E-state index in [1.165, 1.54) is 11.1 Å². The lowest BCUT2D eigenvalue weighted by molar-refractivity contribution is 0.685. The first kappa shape index (κ1) is 13.7. The van der Waals surface area contributed by atoms with Crippen LogP contribution in [-0.4, -0.2) is 16.7 Å². The van der Waals surface area contributed by atoms with E-state index in [4.69, 9.17) is 0 Å². The molecule has 0 spiro atoms. The van der Waals surface area contributed by atoms with Gasteiger partial charge in [0.1, 0.15) is 0 Å². The summed E-state index contributed by atoms with van der Waals surface area (Å²) in [6.07, 6.45) is 2.95. The Morgan fingerprint density at radius 3 is 2.65 bits per heavy atom. The molecule has 0 radical (unpaired) electrons. The number of aryl methyl sites for hydroxylation is 1. The fraction of sp³-hybridized carbons (Fsp3) is 0.308. The first-order valence-corrected chi connectivity index (χ1v) is 5.60. The van der Waals surface area contributed by atoms with Crippen LogP contribution in [0.1, 0.15) is 16.8 Å². The summed E-state index contributed by atoms with van der Waals surface area (Å²) < 4.78 is 0. The quantitative estimate of drug-likeness (QED) is 0.802. The van der Waals surface area contributed by atoms with Gasteiger partial charge >= 0.3 is 0 Å². The Labute approximate surface area is 108 Å². The van der Waals surface area contributed by atoms with Crippen molar-refractivity contribution in [2.24, 2.45) is 0 Å². The van der Waals surface area contributed by atoms with Crippen LogP contribution in [0.2, 0.25) is 0 Å². The van der Waals surface area contributed by atoms with Crippen molar-refractivity contribution in [3.63, 3.8) is 0 Å². The molecule has 3 nitrogen and oxygen atoms in total. The summed E-state index contributed by atoms with van der Waals surface area (Å²) in [5, 5.41) is 10.3. The number of benzene rings is 1. The van der Waals surface area contributed by atoms with Crippen LogP contribution in [0.4, 0.5) is 0 Å². The maximum Gasteiger partial charge on any atom is 0.0535 e. The number of nitrogens with one attached hydrogen (secondary N) is 2. The zero-order chi connectivity index (χ0) is 11.2. The highest BCUT2D eigenvalue weighted by atomic mass is 35.5. The molecular formula is C13H18ClN3. The third-order valence-electron chi connectivity index (χ3n) is 2.68. The highest BCUT2D eigenvalue weighted by Crippen LogP contribution is 2.02. The van der Waals surface area contributed by atoms with Crippen LogP contribution in [0.25, 0.3) is 0 Å². The molecule has 0 saturated carbocycles. The minimum Gasteiger partial charge on any atom is -0.312 e. The second kappa shape index (κ2) is 7.09. The molecule has 0 bridgehead atoms. The summed E-state index contributed by atoms with van der Waals surface area (Å²) in [6.45, 7) is 3.92. The molecule has 1 aromatic heterocycles. The molecule has 0 atom stereocenters. The van der Waals surface area contributed by atoms with E-state index < -0.39 is 0 Å². The smallest absolute Gasteiger partial charge is 0.0535 e. The second-order valence-electron chi connectivity index (χ2n) is 3.93. The lowest BCUT2D eigenvalue weighted by Crippen LogP contribution is -2.16. The van der Waals surface area contributed by atoms with Crippen LogP contribution < -0.4 is 5.32 Å². The lowest BCUT2D eigenvalue weighted by Gasteiger charge is -2.04. The Kier molecular flexibility index (Phi) is 5.73. The summed E-state index contributed by atoms with van der Waals surface area (Å²) in [7, 11) is 0. The molecule has 17 heavy (non-hydrogen) atoms. The average Bonchev–Trinajstić information content (AvgIpc) is 2.72. The van der Waals surface area contributed by atoms with E-state index in [0.717, 1.165) is 25.2 Å². The van der Waals surface area contributed by atoms with E-state index in [1.54, 1.807) is 0 Å². The van der Waals surface area contributed by atoms with Gasteiger partial charge in [0, 0.05) is 17.8 Å². The minimum atomic E-state index is 0. The van der Waals surface area contributed by atoms with Gasteiger partial charge in [0.25, 0.3) is 0 Å². The molecule has 92 valence electrons. The predicted octanol–water partition coefficient (Wildman–Crippen LogP) is 2.47. The maximum atomic E-state index is 3.99. The second-order valence-corrected chi connectivity index (χ2v) is 3.93. The fourth-order valence-electron chi connectivity index (χ4n) is 1.65. The van der Waals surface area contributed by atoms with E-state index in [-0.39, 0.29) is 12.4 Å². The predicted molar refractivity (Wildman–Crippen MR) is 72.4 cm³/mol. The molecule has 2 N–H and O–H groups in total. The van der Waals surface area contributed by atoms with Crippen molar-refractivity contribution in [3.8, 4) is 0 Å². The number of rotatable bonds is 5. The number of hydrogen-bond donors (Lipinski definition) is 2. The van der Waals surface area contributed by atoms with Gasteiger partial charge in [-0.15, -0.1) is 12.4 Å². The number of hydrogen-bond acceptors (Lipinski definition) is 2. The van der Waals surface area contributed by atoms with E-state index in [2.05, 4.69) is 39.8 Å². The van der Waals surface area contributed by atoms with Crippen molar-refractivity contribution in [2.45, 2.75) is 19.9 Å². The molecule has 0 aliphatic heterocycles. The highest BCUT2D eigenvalue weighted by molar-refractivity contribution is 5.85. The Balaban J connectivity index is 0.00000144. The van der Waals surface area contributed by atoms with Crippen molar-refractivity contribution in [1.29, 1.82) is 0 Å². The Bertz CT molecular complexity index is 425. The maximum absolute atomic E-state index is 3.99. The van der Waals surface area contributed by atoms with Crippen LogP contribution in [0.3, 0.4) is 0 Å². The minimum absolute atomic E-state index is 0. The molecule has 0 fully saturated rings. The van der Waals surface area contributed by atoms with Crippen molar-refractivity contribution < 1.29 is 0 Å². The number of halogens is 1. The van der Waals surface area contributed by atoms with E-state index in [9.17, 15) is 0 Å². The summed E-state index contributed by atoms with van der Waals surface area (Å²) in [5.41, 5.74) is 3.76. The summed E-state index contributed by atoms with van der Waals surface area (Å²) >= 11 is 0. The van der Waals surface area contributed by atoms with Gasteiger partial charge in [0.05, 0.1) is 6.20 Å². The van der Waals surface area contributed by atoms with Gasteiger partial charge in [-0.25, -0.2) is 0 Å². The number of nitrogens with zero attached hydrogens (tertiary/aromatic N) is 1. The average molecular weight is 252 g/mol. The first-order chi connectivity index (χ1) is 7.86.